The first kappa shape index (κ1) is 15.5. The third-order valence-corrected chi connectivity index (χ3v) is 4.62. The van der Waals surface area contributed by atoms with Gasteiger partial charge in [-0.3, -0.25) is 4.79 Å². The molecule has 0 radical (unpaired) electrons. The van der Waals surface area contributed by atoms with E-state index in [1.807, 2.05) is 6.07 Å². The molecule has 0 spiro atoms. The van der Waals surface area contributed by atoms with Crippen LogP contribution in [0.1, 0.15) is 74.5 Å². The second kappa shape index (κ2) is 6.82. The Balaban J connectivity index is 1.42. The quantitative estimate of drug-likeness (QED) is 0.848. The van der Waals surface area contributed by atoms with E-state index in [1.54, 1.807) is 0 Å². The van der Waals surface area contributed by atoms with E-state index in [-0.39, 0.29) is 11.9 Å². The van der Waals surface area contributed by atoms with Gasteiger partial charge in [0.15, 0.2) is 5.69 Å². The van der Waals surface area contributed by atoms with Crippen LogP contribution in [0.5, 0.6) is 0 Å². The molecule has 2 aliphatic carbocycles. The Morgan fingerprint density at radius 3 is 2.55 bits per heavy atom. The Kier molecular flexibility index (Phi) is 4.81. The van der Waals surface area contributed by atoms with Crippen molar-refractivity contribution in [1.29, 1.82) is 0 Å². The van der Waals surface area contributed by atoms with E-state index >= 15 is 0 Å². The standard InChI is InChI=1S/C17H27N3O2/c1-11(2)10-18-13-5-7-14(8-6-13)19-17(21)15-9-16(22-20-15)12-3-4-12/h9,11-14,18H,3-8,10H2,1-2H3,(H,19,21). The third-order valence-electron chi connectivity index (χ3n) is 4.62. The minimum atomic E-state index is -0.0887. The molecular formula is C17H27N3O2. The summed E-state index contributed by atoms with van der Waals surface area (Å²) < 4.78 is 5.25. The Labute approximate surface area is 132 Å². The highest BCUT2D eigenvalue weighted by atomic mass is 16.5. The van der Waals surface area contributed by atoms with Crippen LogP contribution in [0, 0.1) is 5.92 Å². The van der Waals surface area contributed by atoms with Crippen molar-refractivity contribution in [2.45, 2.75) is 70.4 Å². The molecule has 2 aliphatic rings. The molecular weight excluding hydrogens is 278 g/mol. The van der Waals surface area contributed by atoms with Crippen LogP contribution >= 0.6 is 0 Å². The predicted molar refractivity (Wildman–Crippen MR) is 84.8 cm³/mol. The topological polar surface area (TPSA) is 67.2 Å². The van der Waals surface area contributed by atoms with Gasteiger partial charge in [-0.05, 0) is 51.0 Å². The zero-order chi connectivity index (χ0) is 15.5. The molecule has 0 bridgehead atoms. The van der Waals surface area contributed by atoms with E-state index in [0.717, 1.165) is 50.8 Å². The highest BCUT2D eigenvalue weighted by Crippen LogP contribution is 2.40. The first-order chi connectivity index (χ1) is 10.6. The van der Waals surface area contributed by atoms with Crippen LogP contribution in [0.3, 0.4) is 0 Å². The molecule has 0 aromatic carbocycles. The first-order valence-electron chi connectivity index (χ1n) is 8.62. The van der Waals surface area contributed by atoms with Crippen molar-refractivity contribution >= 4 is 5.91 Å². The monoisotopic (exact) mass is 305 g/mol. The van der Waals surface area contributed by atoms with E-state index in [4.69, 9.17) is 4.52 Å². The summed E-state index contributed by atoms with van der Waals surface area (Å²) in [7, 11) is 0. The van der Waals surface area contributed by atoms with Crippen LogP contribution in [-0.2, 0) is 0 Å². The fourth-order valence-electron chi connectivity index (χ4n) is 3.06. The highest BCUT2D eigenvalue weighted by molar-refractivity contribution is 5.92. The van der Waals surface area contributed by atoms with Crippen LogP contribution in [0.25, 0.3) is 0 Å². The molecule has 22 heavy (non-hydrogen) atoms. The number of nitrogens with one attached hydrogen (secondary N) is 2. The molecule has 3 rings (SSSR count). The van der Waals surface area contributed by atoms with Gasteiger partial charge in [-0.2, -0.15) is 0 Å². The lowest BCUT2D eigenvalue weighted by molar-refractivity contribution is 0.0915. The van der Waals surface area contributed by atoms with Gasteiger partial charge in [-0.1, -0.05) is 19.0 Å². The summed E-state index contributed by atoms with van der Waals surface area (Å²) in [6.07, 6.45) is 6.64. The zero-order valence-electron chi connectivity index (χ0n) is 13.6. The normalized spacial score (nSPS) is 25.4. The molecule has 0 saturated heterocycles. The zero-order valence-corrected chi connectivity index (χ0v) is 13.6. The van der Waals surface area contributed by atoms with E-state index in [0.29, 0.717) is 23.6 Å². The summed E-state index contributed by atoms with van der Waals surface area (Å²) in [6, 6.07) is 2.68. The predicted octanol–water partition coefficient (Wildman–Crippen LogP) is 2.84. The van der Waals surface area contributed by atoms with Crippen LogP contribution in [0.15, 0.2) is 10.6 Å². The fourth-order valence-corrected chi connectivity index (χ4v) is 3.06. The van der Waals surface area contributed by atoms with Gasteiger partial charge < -0.3 is 15.2 Å². The molecule has 1 amide bonds. The van der Waals surface area contributed by atoms with E-state index in [2.05, 4.69) is 29.6 Å². The summed E-state index contributed by atoms with van der Waals surface area (Å²) >= 11 is 0. The number of nitrogens with zero attached hydrogens (tertiary/aromatic N) is 1. The van der Waals surface area contributed by atoms with Gasteiger partial charge in [-0.15, -0.1) is 0 Å². The molecule has 5 nitrogen and oxygen atoms in total. The van der Waals surface area contributed by atoms with Crippen molar-refractivity contribution in [3.63, 3.8) is 0 Å². The molecule has 0 unspecified atom stereocenters. The summed E-state index contributed by atoms with van der Waals surface area (Å²) in [5.41, 5.74) is 0.432. The van der Waals surface area contributed by atoms with Crippen molar-refractivity contribution in [1.82, 2.24) is 15.8 Å². The molecule has 122 valence electrons. The van der Waals surface area contributed by atoms with Crippen LogP contribution in [0.4, 0.5) is 0 Å². The summed E-state index contributed by atoms with van der Waals surface area (Å²) in [5.74, 6) is 1.96. The number of carbonyl (C=O) groups is 1. The lowest BCUT2D eigenvalue weighted by Gasteiger charge is -2.30. The van der Waals surface area contributed by atoms with Crippen molar-refractivity contribution < 1.29 is 9.32 Å². The number of rotatable bonds is 6. The number of carbonyl (C=O) groups excluding carboxylic acids is 1. The van der Waals surface area contributed by atoms with Crippen molar-refractivity contribution in [2.75, 3.05) is 6.54 Å². The molecule has 2 N–H and O–H groups in total. The maximum absolute atomic E-state index is 12.2. The summed E-state index contributed by atoms with van der Waals surface area (Å²) in [5, 5.41) is 10.6. The average Bonchev–Trinajstić information content (AvgIpc) is 3.23. The molecule has 2 saturated carbocycles. The smallest absolute Gasteiger partial charge is 0.273 e. The minimum Gasteiger partial charge on any atom is -0.360 e. The number of hydrogen-bond acceptors (Lipinski definition) is 4. The van der Waals surface area contributed by atoms with Crippen molar-refractivity contribution in [3.8, 4) is 0 Å². The Morgan fingerprint density at radius 1 is 1.23 bits per heavy atom. The minimum absolute atomic E-state index is 0.0887. The van der Waals surface area contributed by atoms with Gasteiger partial charge in [0, 0.05) is 24.1 Å². The Hall–Kier alpha value is -1.36. The van der Waals surface area contributed by atoms with E-state index in [1.165, 1.54) is 0 Å². The average molecular weight is 305 g/mol. The van der Waals surface area contributed by atoms with Crippen molar-refractivity contribution in [2.24, 2.45) is 5.92 Å². The van der Waals surface area contributed by atoms with Crippen LogP contribution in [0.2, 0.25) is 0 Å². The van der Waals surface area contributed by atoms with Gasteiger partial charge in [-0.25, -0.2) is 0 Å². The SMILES string of the molecule is CC(C)CNC1CCC(NC(=O)c2cc(C3CC3)on2)CC1. The second-order valence-electron chi connectivity index (χ2n) is 7.21. The molecule has 1 aromatic rings. The first-order valence-corrected chi connectivity index (χ1v) is 8.62. The maximum Gasteiger partial charge on any atom is 0.273 e. The summed E-state index contributed by atoms with van der Waals surface area (Å²) in [6.45, 7) is 5.53. The lowest BCUT2D eigenvalue weighted by atomic mass is 9.91. The third kappa shape index (κ3) is 4.09. The van der Waals surface area contributed by atoms with E-state index in [9.17, 15) is 4.79 Å². The lowest BCUT2D eigenvalue weighted by Crippen LogP contribution is -2.43. The fraction of sp³-hybridized carbons (Fsp3) is 0.765. The Morgan fingerprint density at radius 2 is 1.91 bits per heavy atom. The van der Waals surface area contributed by atoms with Crippen LogP contribution < -0.4 is 10.6 Å². The number of aromatic nitrogens is 1. The number of amides is 1. The summed E-state index contributed by atoms with van der Waals surface area (Å²) in [4.78, 5) is 12.2. The van der Waals surface area contributed by atoms with Gasteiger partial charge in [0.25, 0.3) is 5.91 Å². The number of hydrogen-bond donors (Lipinski definition) is 2. The second-order valence-corrected chi connectivity index (χ2v) is 7.21. The van der Waals surface area contributed by atoms with Gasteiger partial charge >= 0.3 is 0 Å². The Bertz CT molecular complexity index is 500. The van der Waals surface area contributed by atoms with Gasteiger partial charge in [0.05, 0.1) is 0 Å². The molecule has 5 heteroatoms. The molecule has 1 heterocycles. The molecule has 0 aliphatic heterocycles. The molecule has 0 atom stereocenters. The maximum atomic E-state index is 12.2. The largest absolute Gasteiger partial charge is 0.360 e. The van der Waals surface area contributed by atoms with Gasteiger partial charge in [0.1, 0.15) is 5.76 Å². The molecule has 2 fully saturated rings. The van der Waals surface area contributed by atoms with Crippen LogP contribution in [-0.4, -0.2) is 29.7 Å². The highest BCUT2D eigenvalue weighted by Gasteiger charge is 2.29. The van der Waals surface area contributed by atoms with Gasteiger partial charge in [0.2, 0.25) is 0 Å². The van der Waals surface area contributed by atoms with Crippen molar-refractivity contribution in [3.05, 3.63) is 17.5 Å². The van der Waals surface area contributed by atoms with E-state index < -0.39 is 0 Å². The molecule has 1 aromatic heterocycles.